The van der Waals surface area contributed by atoms with Gasteiger partial charge in [-0.05, 0) is 62.1 Å². The van der Waals surface area contributed by atoms with Crippen LogP contribution in [0.25, 0.3) is 0 Å². The van der Waals surface area contributed by atoms with Gasteiger partial charge >= 0.3 is 0 Å². The molecule has 1 atom stereocenters. The maximum absolute atomic E-state index is 12.5. The summed E-state index contributed by atoms with van der Waals surface area (Å²) >= 11 is 0. The number of nitrogens with one attached hydrogen (secondary N) is 2. The summed E-state index contributed by atoms with van der Waals surface area (Å²) in [6.45, 7) is 1.95. The molecule has 130 valence electrons. The van der Waals surface area contributed by atoms with Gasteiger partial charge in [-0.3, -0.25) is 9.59 Å². The Bertz CT molecular complexity index is 867. The van der Waals surface area contributed by atoms with Gasteiger partial charge in [-0.15, -0.1) is 0 Å². The fourth-order valence-corrected chi connectivity index (χ4v) is 3.52. The molecule has 0 spiro atoms. The minimum absolute atomic E-state index is 0.0780. The highest BCUT2D eigenvalue weighted by molar-refractivity contribution is 5.93. The van der Waals surface area contributed by atoms with Gasteiger partial charge in [0.2, 0.25) is 0 Å². The molecule has 1 aromatic carbocycles. The van der Waals surface area contributed by atoms with Crippen molar-refractivity contribution in [1.29, 1.82) is 0 Å². The van der Waals surface area contributed by atoms with Crippen LogP contribution in [0.2, 0.25) is 0 Å². The molecule has 1 amide bonds. The molecular weight excluding hydrogens is 314 g/mol. The van der Waals surface area contributed by atoms with Crippen LogP contribution in [0.4, 0.5) is 0 Å². The molecule has 1 heterocycles. The van der Waals surface area contributed by atoms with Gasteiger partial charge < -0.3 is 10.3 Å². The van der Waals surface area contributed by atoms with Gasteiger partial charge in [0, 0.05) is 12.1 Å². The predicted molar refractivity (Wildman–Crippen MR) is 95.8 cm³/mol. The molecule has 4 rings (SSSR count). The van der Waals surface area contributed by atoms with Crippen LogP contribution in [0.5, 0.6) is 0 Å². The monoisotopic (exact) mass is 337 g/mol. The molecule has 5 heteroatoms. The van der Waals surface area contributed by atoms with Crippen molar-refractivity contribution in [1.82, 2.24) is 15.3 Å². The second kappa shape index (κ2) is 6.47. The number of aryl methyl sites for hydroxylation is 2. The van der Waals surface area contributed by atoms with Gasteiger partial charge in [-0.1, -0.05) is 18.2 Å². The van der Waals surface area contributed by atoms with Crippen LogP contribution in [0.1, 0.15) is 77.4 Å². The highest BCUT2D eigenvalue weighted by Crippen LogP contribution is 2.37. The highest BCUT2D eigenvalue weighted by atomic mass is 16.2. The van der Waals surface area contributed by atoms with E-state index in [2.05, 4.69) is 33.5 Å². The maximum Gasteiger partial charge on any atom is 0.263 e. The van der Waals surface area contributed by atoms with Crippen molar-refractivity contribution in [2.24, 2.45) is 0 Å². The van der Waals surface area contributed by atoms with Crippen LogP contribution < -0.4 is 10.9 Å². The molecule has 2 N–H and O–H groups in total. The molecule has 1 unspecified atom stereocenters. The summed E-state index contributed by atoms with van der Waals surface area (Å²) in [5, 5.41) is 2.93. The number of rotatable bonds is 4. The first kappa shape index (κ1) is 16.1. The number of benzene rings is 1. The van der Waals surface area contributed by atoms with Crippen LogP contribution >= 0.6 is 0 Å². The van der Waals surface area contributed by atoms with E-state index in [1.807, 2.05) is 6.92 Å². The second-order valence-corrected chi connectivity index (χ2v) is 7.22. The van der Waals surface area contributed by atoms with Gasteiger partial charge in [0.25, 0.3) is 11.5 Å². The third-order valence-corrected chi connectivity index (χ3v) is 5.25. The molecule has 0 aliphatic heterocycles. The molecule has 1 saturated carbocycles. The Morgan fingerprint density at radius 2 is 2.00 bits per heavy atom. The van der Waals surface area contributed by atoms with Gasteiger partial charge in [-0.2, -0.15) is 0 Å². The molecule has 0 radical (unpaired) electrons. The zero-order valence-corrected chi connectivity index (χ0v) is 14.5. The van der Waals surface area contributed by atoms with Crippen LogP contribution in [-0.4, -0.2) is 15.9 Å². The first-order valence-electron chi connectivity index (χ1n) is 9.13. The quantitative estimate of drug-likeness (QED) is 0.900. The summed E-state index contributed by atoms with van der Waals surface area (Å²) in [6, 6.07) is 6.29. The number of nitrogens with zero attached hydrogens (tertiary/aromatic N) is 1. The van der Waals surface area contributed by atoms with Crippen molar-refractivity contribution >= 4 is 5.91 Å². The zero-order valence-electron chi connectivity index (χ0n) is 14.5. The smallest absolute Gasteiger partial charge is 0.263 e. The van der Waals surface area contributed by atoms with E-state index < -0.39 is 0 Å². The van der Waals surface area contributed by atoms with E-state index in [-0.39, 0.29) is 23.1 Å². The zero-order chi connectivity index (χ0) is 17.4. The van der Waals surface area contributed by atoms with Crippen LogP contribution in [0.3, 0.4) is 0 Å². The lowest BCUT2D eigenvalue weighted by Crippen LogP contribution is -2.32. The van der Waals surface area contributed by atoms with Crippen molar-refractivity contribution in [2.45, 2.75) is 57.4 Å². The lowest BCUT2D eigenvalue weighted by molar-refractivity contribution is 0.0938. The van der Waals surface area contributed by atoms with Gasteiger partial charge in [0.1, 0.15) is 11.4 Å². The summed E-state index contributed by atoms with van der Waals surface area (Å²) in [4.78, 5) is 31.6. The Morgan fingerprint density at radius 1 is 1.24 bits per heavy atom. The van der Waals surface area contributed by atoms with Crippen molar-refractivity contribution in [3.63, 3.8) is 0 Å². The van der Waals surface area contributed by atoms with Crippen molar-refractivity contribution in [2.75, 3.05) is 0 Å². The van der Waals surface area contributed by atoms with Crippen LogP contribution in [0.15, 0.2) is 29.2 Å². The van der Waals surface area contributed by atoms with E-state index in [0.717, 1.165) is 31.2 Å². The molecule has 0 bridgehead atoms. The third kappa shape index (κ3) is 3.36. The normalized spacial score (nSPS) is 17.6. The standard InChI is InChI=1S/C20H23N3O2/c1-12(15-9-6-13-4-2-3-5-16(13)10-15)22-19(24)17-11-21-18(14-7-8-14)23-20(17)25/h6,9-12,14H,2-5,7-8H2,1H3,(H,22,24)(H,21,23,25). The molecule has 0 saturated heterocycles. The SMILES string of the molecule is CC(NC(=O)c1cnc(C2CC2)[nH]c1=O)c1ccc2c(c1)CCCC2. The highest BCUT2D eigenvalue weighted by Gasteiger charge is 2.27. The summed E-state index contributed by atoms with van der Waals surface area (Å²) in [6.07, 6.45) is 8.26. The number of hydrogen-bond acceptors (Lipinski definition) is 3. The Labute approximate surface area is 146 Å². The summed E-state index contributed by atoms with van der Waals surface area (Å²) in [5.74, 6) is 0.685. The van der Waals surface area contributed by atoms with Gasteiger partial charge in [-0.25, -0.2) is 4.98 Å². The molecule has 5 nitrogen and oxygen atoms in total. The minimum Gasteiger partial charge on any atom is -0.345 e. The van der Waals surface area contributed by atoms with Crippen molar-refractivity contribution < 1.29 is 4.79 Å². The molecule has 1 fully saturated rings. The number of aromatic amines is 1. The number of fused-ring (bicyclic) bond motifs is 1. The summed E-state index contributed by atoms with van der Waals surface area (Å²) in [7, 11) is 0. The number of carbonyl (C=O) groups is 1. The fourth-order valence-electron chi connectivity index (χ4n) is 3.52. The Morgan fingerprint density at radius 3 is 2.72 bits per heavy atom. The van der Waals surface area contributed by atoms with E-state index in [4.69, 9.17) is 0 Å². The van der Waals surface area contributed by atoms with Crippen LogP contribution in [-0.2, 0) is 12.8 Å². The van der Waals surface area contributed by atoms with Gasteiger partial charge in [0.05, 0.1) is 6.04 Å². The van der Waals surface area contributed by atoms with E-state index in [0.29, 0.717) is 11.7 Å². The average molecular weight is 337 g/mol. The first-order valence-corrected chi connectivity index (χ1v) is 9.13. The molecule has 1 aromatic heterocycles. The largest absolute Gasteiger partial charge is 0.345 e. The number of aromatic nitrogens is 2. The average Bonchev–Trinajstić information content (AvgIpc) is 3.46. The lowest BCUT2D eigenvalue weighted by Gasteiger charge is -2.20. The maximum atomic E-state index is 12.5. The van der Waals surface area contributed by atoms with E-state index in [1.54, 1.807) is 0 Å². The molecular formula is C20H23N3O2. The van der Waals surface area contributed by atoms with Crippen molar-refractivity contribution in [3.8, 4) is 0 Å². The number of hydrogen-bond donors (Lipinski definition) is 2. The second-order valence-electron chi connectivity index (χ2n) is 7.22. The Kier molecular flexibility index (Phi) is 4.15. The number of amides is 1. The summed E-state index contributed by atoms with van der Waals surface area (Å²) in [5.41, 5.74) is 3.61. The molecule has 2 aromatic rings. The van der Waals surface area contributed by atoms with E-state index in [1.165, 1.54) is 30.2 Å². The fraction of sp³-hybridized carbons (Fsp3) is 0.450. The predicted octanol–water partition coefficient (Wildman–Crippen LogP) is 3.02. The van der Waals surface area contributed by atoms with Crippen LogP contribution in [0, 0.1) is 0 Å². The molecule has 25 heavy (non-hydrogen) atoms. The minimum atomic E-state index is -0.374. The topological polar surface area (TPSA) is 74.8 Å². The Balaban J connectivity index is 1.49. The summed E-state index contributed by atoms with van der Waals surface area (Å²) < 4.78 is 0. The van der Waals surface area contributed by atoms with Crippen molar-refractivity contribution in [3.05, 3.63) is 62.8 Å². The van der Waals surface area contributed by atoms with Gasteiger partial charge in [0.15, 0.2) is 0 Å². The first-order chi connectivity index (χ1) is 12.1. The molecule has 2 aliphatic rings. The third-order valence-electron chi connectivity index (χ3n) is 5.25. The number of carbonyl (C=O) groups excluding carboxylic acids is 1. The van der Waals surface area contributed by atoms with E-state index >= 15 is 0 Å². The lowest BCUT2D eigenvalue weighted by atomic mass is 9.89. The molecule has 2 aliphatic carbocycles. The Hall–Kier alpha value is -2.43. The number of H-pyrrole nitrogens is 1. The van der Waals surface area contributed by atoms with E-state index in [9.17, 15) is 9.59 Å².